The summed E-state index contributed by atoms with van der Waals surface area (Å²) >= 11 is 0. The smallest absolute Gasteiger partial charge is 0.243 e. The highest BCUT2D eigenvalue weighted by Crippen LogP contribution is 2.18. The van der Waals surface area contributed by atoms with E-state index in [2.05, 4.69) is 6.07 Å². The zero-order valence-corrected chi connectivity index (χ0v) is 11.3. The third-order valence-corrected chi connectivity index (χ3v) is 2.93. The van der Waals surface area contributed by atoms with Gasteiger partial charge in [-0.3, -0.25) is 4.79 Å². The number of benzene rings is 1. The molecule has 0 saturated carbocycles. The largest absolute Gasteiger partial charge is 0.320 e. The van der Waals surface area contributed by atoms with Gasteiger partial charge >= 0.3 is 0 Å². The first kappa shape index (κ1) is 13.7. The third-order valence-electron chi connectivity index (χ3n) is 2.93. The molecule has 1 aromatic carbocycles. The van der Waals surface area contributed by atoms with Crippen LogP contribution in [0.5, 0.6) is 0 Å². The number of aryl methyl sites for hydroxylation is 2. The predicted molar refractivity (Wildman–Crippen MR) is 72.1 cm³/mol. The first-order valence-corrected chi connectivity index (χ1v) is 5.94. The van der Waals surface area contributed by atoms with Crippen molar-refractivity contribution in [3.63, 3.8) is 0 Å². The number of carbonyl (C=O) groups is 1. The molecule has 1 rings (SSSR count). The quantitative estimate of drug-likeness (QED) is 0.872. The molecule has 0 saturated heterocycles. The molecule has 0 aliphatic rings. The Morgan fingerprint density at radius 1 is 1.18 bits per heavy atom. The molecule has 3 heteroatoms. The van der Waals surface area contributed by atoms with E-state index >= 15 is 0 Å². The predicted octanol–water partition coefficient (Wildman–Crippen LogP) is 2.25. The fraction of sp³-hybridized carbons (Fsp3) is 0.500. The minimum Gasteiger partial charge on any atom is -0.320 e. The van der Waals surface area contributed by atoms with E-state index in [1.807, 2.05) is 39.8 Å². The van der Waals surface area contributed by atoms with E-state index in [1.54, 1.807) is 11.9 Å². The molecule has 0 aliphatic carbocycles. The van der Waals surface area contributed by atoms with Gasteiger partial charge in [0.15, 0.2) is 0 Å². The van der Waals surface area contributed by atoms with Gasteiger partial charge in [0.05, 0.1) is 6.04 Å². The molecule has 0 bridgehead atoms. The third kappa shape index (κ3) is 3.30. The molecular formula is C14H22N2O. The van der Waals surface area contributed by atoms with Gasteiger partial charge in [-0.15, -0.1) is 0 Å². The summed E-state index contributed by atoms with van der Waals surface area (Å²) in [6.45, 7) is 7.96. The number of rotatable bonds is 3. The van der Waals surface area contributed by atoms with Crippen molar-refractivity contribution in [1.29, 1.82) is 0 Å². The van der Waals surface area contributed by atoms with Gasteiger partial charge in [-0.1, -0.05) is 19.9 Å². The lowest BCUT2D eigenvalue weighted by molar-refractivity contribution is -0.120. The molecule has 0 aromatic heterocycles. The van der Waals surface area contributed by atoms with E-state index in [1.165, 1.54) is 0 Å². The Hall–Kier alpha value is -1.35. The second-order valence-corrected chi connectivity index (χ2v) is 5.01. The van der Waals surface area contributed by atoms with E-state index in [0.717, 1.165) is 16.8 Å². The Morgan fingerprint density at radius 2 is 1.65 bits per heavy atom. The maximum absolute atomic E-state index is 12.1. The number of hydrogen-bond acceptors (Lipinski definition) is 2. The van der Waals surface area contributed by atoms with Crippen LogP contribution in [0.1, 0.15) is 25.0 Å². The van der Waals surface area contributed by atoms with E-state index in [0.29, 0.717) is 0 Å². The van der Waals surface area contributed by atoms with Crippen LogP contribution in [-0.2, 0) is 4.79 Å². The molecule has 1 amide bonds. The van der Waals surface area contributed by atoms with E-state index in [4.69, 9.17) is 5.73 Å². The highest BCUT2D eigenvalue weighted by Gasteiger charge is 2.22. The van der Waals surface area contributed by atoms with Gasteiger partial charge in [-0.05, 0) is 43.0 Å². The second-order valence-electron chi connectivity index (χ2n) is 5.01. The number of nitrogens with zero attached hydrogens (tertiary/aromatic N) is 1. The fourth-order valence-electron chi connectivity index (χ4n) is 1.78. The molecule has 0 fully saturated rings. The van der Waals surface area contributed by atoms with Crippen molar-refractivity contribution < 1.29 is 4.79 Å². The van der Waals surface area contributed by atoms with Gasteiger partial charge in [-0.2, -0.15) is 0 Å². The number of anilines is 1. The first-order chi connectivity index (χ1) is 7.82. The SMILES string of the molecule is Cc1cc(C)cc(N(C)C(=O)[C@H](N)C(C)C)c1. The maximum atomic E-state index is 12.1. The lowest BCUT2D eigenvalue weighted by Gasteiger charge is -2.24. The van der Waals surface area contributed by atoms with Gasteiger partial charge in [0.25, 0.3) is 0 Å². The van der Waals surface area contributed by atoms with Crippen LogP contribution in [-0.4, -0.2) is 19.0 Å². The van der Waals surface area contributed by atoms with Crippen LogP contribution in [0.25, 0.3) is 0 Å². The lowest BCUT2D eigenvalue weighted by Crippen LogP contribution is -2.45. The normalized spacial score (nSPS) is 12.6. The van der Waals surface area contributed by atoms with Gasteiger partial charge < -0.3 is 10.6 Å². The number of nitrogens with two attached hydrogens (primary N) is 1. The Balaban J connectivity index is 2.96. The van der Waals surface area contributed by atoms with Crippen molar-refractivity contribution in [2.24, 2.45) is 11.7 Å². The summed E-state index contributed by atoms with van der Waals surface area (Å²) in [5.74, 6) is 0.112. The van der Waals surface area contributed by atoms with Gasteiger partial charge in [-0.25, -0.2) is 0 Å². The number of likely N-dealkylation sites (N-methyl/N-ethyl adjacent to an activating group) is 1. The second kappa shape index (κ2) is 5.32. The van der Waals surface area contributed by atoms with E-state index in [-0.39, 0.29) is 11.8 Å². The minimum atomic E-state index is -0.444. The minimum absolute atomic E-state index is 0.0370. The number of carbonyl (C=O) groups excluding carboxylic acids is 1. The summed E-state index contributed by atoms with van der Waals surface area (Å²) in [5, 5.41) is 0. The Morgan fingerprint density at radius 3 is 2.06 bits per heavy atom. The molecule has 2 N–H and O–H groups in total. The van der Waals surface area contributed by atoms with Crippen molar-refractivity contribution in [3.05, 3.63) is 29.3 Å². The molecule has 3 nitrogen and oxygen atoms in total. The van der Waals surface area contributed by atoms with Crippen LogP contribution >= 0.6 is 0 Å². The lowest BCUT2D eigenvalue weighted by atomic mass is 10.0. The van der Waals surface area contributed by atoms with Gasteiger partial charge in [0, 0.05) is 12.7 Å². The monoisotopic (exact) mass is 234 g/mol. The van der Waals surface area contributed by atoms with Crippen molar-refractivity contribution >= 4 is 11.6 Å². The topological polar surface area (TPSA) is 46.3 Å². The average Bonchev–Trinajstić information content (AvgIpc) is 2.24. The Labute approximate surface area is 104 Å². The molecule has 0 aliphatic heterocycles. The van der Waals surface area contributed by atoms with Crippen LogP contribution in [0.4, 0.5) is 5.69 Å². The molecule has 0 heterocycles. The molecular weight excluding hydrogens is 212 g/mol. The fourth-order valence-corrected chi connectivity index (χ4v) is 1.78. The Kier molecular flexibility index (Phi) is 4.29. The van der Waals surface area contributed by atoms with Crippen molar-refractivity contribution in [2.75, 3.05) is 11.9 Å². The van der Waals surface area contributed by atoms with Gasteiger partial charge in [0.2, 0.25) is 5.91 Å². The summed E-state index contributed by atoms with van der Waals surface area (Å²) < 4.78 is 0. The van der Waals surface area contributed by atoms with Crippen LogP contribution < -0.4 is 10.6 Å². The average molecular weight is 234 g/mol. The molecule has 17 heavy (non-hydrogen) atoms. The zero-order valence-electron chi connectivity index (χ0n) is 11.3. The molecule has 0 unspecified atom stereocenters. The zero-order chi connectivity index (χ0) is 13.2. The summed E-state index contributed by atoms with van der Waals surface area (Å²) in [4.78, 5) is 13.8. The summed E-state index contributed by atoms with van der Waals surface area (Å²) in [6.07, 6.45) is 0. The first-order valence-electron chi connectivity index (χ1n) is 5.94. The number of amides is 1. The van der Waals surface area contributed by atoms with Crippen LogP contribution in [0.15, 0.2) is 18.2 Å². The van der Waals surface area contributed by atoms with Crippen LogP contribution in [0.3, 0.4) is 0 Å². The van der Waals surface area contributed by atoms with Crippen LogP contribution in [0.2, 0.25) is 0 Å². The van der Waals surface area contributed by atoms with Gasteiger partial charge in [0.1, 0.15) is 0 Å². The molecule has 1 atom stereocenters. The van der Waals surface area contributed by atoms with E-state index < -0.39 is 6.04 Å². The molecule has 0 radical (unpaired) electrons. The van der Waals surface area contributed by atoms with Crippen molar-refractivity contribution in [1.82, 2.24) is 0 Å². The van der Waals surface area contributed by atoms with Crippen molar-refractivity contribution in [2.45, 2.75) is 33.7 Å². The molecule has 1 aromatic rings. The van der Waals surface area contributed by atoms with E-state index in [9.17, 15) is 4.79 Å². The highest BCUT2D eigenvalue weighted by atomic mass is 16.2. The standard InChI is InChI=1S/C14H22N2O/c1-9(2)13(15)14(17)16(5)12-7-10(3)6-11(4)8-12/h6-9,13H,15H2,1-5H3/t13-/m1/s1. The maximum Gasteiger partial charge on any atom is 0.243 e. The highest BCUT2D eigenvalue weighted by molar-refractivity contribution is 5.96. The van der Waals surface area contributed by atoms with Crippen LogP contribution in [0, 0.1) is 19.8 Å². The molecule has 94 valence electrons. The summed E-state index contributed by atoms with van der Waals surface area (Å²) in [7, 11) is 1.78. The molecule has 0 spiro atoms. The summed E-state index contributed by atoms with van der Waals surface area (Å²) in [5.41, 5.74) is 9.09. The van der Waals surface area contributed by atoms with Crippen molar-refractivity contribution in [3.8, 4) is 0 Å². The Bertz CT molecular complexity index is 392. The number of hydrogen-bond donors (Lipinski definition) is 1. The summed E-state index contributed by atoms with van der Waals surface area (Å²) in [6, 6.07) is 5.64.